The zero-order chi connectivity index (χ0) is 12.3. The Balaban J connectivity index is 2.74. The molecule has 1 aromatic rings. The van der Waals surface area contributed by atoms with Gasteiger partial charge in [0.25, 0.3) is 0 Å². The first-order chi connectivity index (χ1) is 7.30. The normalized spacial score (nSPS) is 11.2. The lowest BCUT2D eigenvalue weighted by atomic mass is 10.1. The molecule has 0 aliphatic carbocycles. The van der Waals surface area contributed by atoms with Crippen LogP contribution in [0.15, 0.2) is 18.3 Å². The van der Waals surface area contributed by atoms with E-state index in [0.717, 1.165) is 6.20 Å². The lowest BCUT2D eigenvalue weighted by Crippen LogP contribution is -2.25. The van der Waals surface area contributed by atoms with Crippen LogP contribution in [0.3, 0.4) is 0 Å². The van der Waals surface area contributed by atoms with Gasteiger partial charge in [-0.15, -0.1) is 0 Å². The van der Waals surface area contributed by atoms with Gasteiger partial charge in [-0.2, -0.15) is 13.2 Å². The molecule has 0 atom stereocenters. The van der Waals surface area contributed by atoms with Crippen LogP contribution < -0.4 is 0 Å². The summed E-state index contributed by atoms with van der Waals surface area (Å²) in [7, 11) is 0. The minimum atomic E-state index is -4.99. The van der Waals surface area contributed by atoms with E-state index in [4.69, 9.17) is 11.6 Å². The average Bonchev–Trinajstić information content (AvgIpc) is 2.17. The molecule has 1 aromatic heterocycles. The number of hydrogen-bond acceptors (Lipinski definition) is 3. The van der Waals surface area contributed by atoms with Gasteiger partial charge < -0.3 is 0 Å². The number of pyridine rings is 1. The highest BCUT2D eigenvalue weighted by Crippen LogP contribution is 2.19. The molecule has 16 heavy (non-hydrogen) atoms. The van der Waals surface area contributed by atoms with Gasteiger partial charge in [-0.1, -0.05) is 11.6 Å². The Labute approximate surface area is 93.2 Å². The monoisotopic (exact) mass is 251 g/mol. The summed E-state index contributed by atoms with van der Waals surface area (Å²) >= 11 is 5.43. The smallest absolute Gasteiger partial charge is 0.294 e. The van der Waals surface area contributed by atoms with Crippen molar-refractivity contribution in [3.63, 3.8) is 0 Å². The third-order valence-electron chi connectivity index (χ3n) is 1.69. The molecule has 0 unspecified atom stereocenters. The molecule has 0 saturated carbocycles. The number of aromatic nitrogens is 1. The van der Waals surface area contributed by atoms with Crippen molar-refractivity contribution < 1.29 is 22.8 Å². The lowest BCUT2D eigenvalue weighted by Gasteiger charge is -2.04. The van der Waals surface area contributed by atoms with E-state index < -0.39 is 24.2 Å². The van der Waals surface area contributed by atoms with Gasteiger partial charge in [-0.3, -0.25) is 9.59 Å². The minimum absolute atomic E-state index is 0.0815. The molecular weight excluding hydrogens is 247 g/mol. The number of carbonyl (C=O) groups is 2. The number of hydrogen-bond donors (Lipinski definition) is 0. The fraction of sp³-hybridized carbons (Fsp3) is 0.222. The molecule has 7 heteroatoms. The summed E-state index contributed by atoms with van der Waals surface area (Å²) < 4.78 is 35.6. The van der Waals surface area contributed by atoms with Crippen LogP contribution in [0.25, 0.3) is 0 Å². The summed E-state index contributed by atoms with van der Waals surface area (Å²) in [5.74, 6) is -3.01. The van der Waals surface area contributed by atoms with E-state index in [-0.39, 0.29) is 10.7 Å². The topological polar surface area (TPSA) is 47.0 Å². The largest absolute Gasteiger partial charge is 0.450 e. The van der Waals surface area contributed by atoms with E-state index in [1.54, 1.807) is 0 Å². The molecular formula is C9H5ClF3NO2. The first-order valence-electron chi connectivity index (χ1n) is 4.05. The molecule has 1 heterocycles. The van der Waals surface area contributed by atoms with Crippen molar-refractivity contribution in [2.45, 2.75) is 12.6 Å². The zero-order valence-electron chi connectivity index (χ0n) is 7.71. The predicted octanol–water partition coefficient (Wildman–Crippen LogP) is 2.44. The maximum Gasteiger partial charge on any atom is 0.450 e. The second kappa shape index (κ2) is 4.61. The van der Waals surface area contributed by atoms with Gasteiger partial charge in [-0.25, -0.2) is 4.98 Å². The summed E-state index contributed by atoms with van der Waals surface area (Å²) in [5, 5.41) is 0.110. The summed E-state index contributed by atoms with van der Waals surface area (Å²) in [6.07, 6.45) is -5.18. The van der Waals surface area contributed by atoms with Gasteiger partial charge in [0, 0.05) is 11.8 Å². The number of ketones is 2. The molecule has 86 valence electrons. The van der Waals surface area contributed by atoms with Crippen LogP contribution >= 0.6 is 11.6 Å². The number of rotatable bonds is 3. The highest BCUT2D eigenvalue weighted by Gasteiger charge is 2.39. The van der Waals surface area contributed by atoms with Crippen LogP contribution in [-0.4, -0.2) is 22.7 Å². The van der Waals surface area contributed by atoms with Crippen LogP contribution in [0.1, 0.15) is 16.8 Å². The van der Waals surface area contributed by atoms with Crippen molar-refractivity contribution in [2.24, 2.45) is 0 Å². The van der Waals surface area contributed by atoms with E-state index in [2.05, 4.69) is 4.98 Å². The Hall–Kier alpha value is -1.43. The van der Waals surface area contributed by atoms with Gasteiger partial charge in [0.1, 0.15) is 5.15 Å². The molecule has 0 spiro atoms. The highest BCUT2D eigenvalue weighted by molar-refractivity contribution is 6.29. The van der Waals surface area contributed by atoms with Gasteiger partial charge in [0.15, 0.2) is 5.78 Å². The fourth-order valence-corrected chi connectivity index (χ4v) is 1.00. The molecule has 3 nitrogen and oxygen atoms in total. The Morgan fingerprint density at radius 3 is 2.38 bits per heavy atom. The van der Waals surface area contributed by atoms with E-state index in [1.165, 1.54) is 12.1 Å². The zero-order valence-corrected chi connectivity index (χ0v) is 8.47. The van der Waals surface area contributed by atoms with Gasteiger partial charge in [0.2, 0.25) is 5.78 Å². The lowest BCUT2D eigenvalue weighted by molar-refractivity contribution is -0.170. The van der Waals surface area contributed by atoms with E-state index >= 15 is 0 Å². The Kier molecular flexibility index (Phi) is 3.64. The molecule has 0 saturated heterocycles. The molecule has 0 amide bonds. The van der Waals surface area contributed by atoms with E-state index in [0.29, 0.717) is 0 Å². The molecule has 0 bridgehead atoms. The van der Waals surface area contributed by atoms with Gasteiger partial charge >= 0.3 is 6.18 Å². The number of nitrogens with zero attached hydrogens (tertiary/aromatic N) is 1. The first kappa shape index (κ1) is 12.6. The van der Waals surface area contributed by atoms with Crippen molar-refractivity contribution in [3.05, 3.63) is 29.0 Å². The Morgan fingerprint density at radius 2 is 1.94 bits per heavy atom. The van der Waals surface area contributed by atoms with E-state index in [1.807, 2.05) is 0 Å². The summed E-state index contributed by atoms with van der Waals surface area (Å²) in [4.78, 5) is 25.3. The number of carbonyl (C=O) groups excluding carboxylic acids is 2. The predicted molar refractivity (Wildman–Crippen MR) is 49.3 cm³/mol. The Morgan fingerprint density at radius 1 is 1.31 bits per heavy atom. The van der Waals surface area contributed by atoms with Crippen LogP contribution in [-0.2, 0) is 4.79 Å². The molecule has 0 aliphatic rings. The number of Topliss-reactive ketones (excluding diaryl/α,β-unsaturated/α-hetero) is 2. The highest BCUT2D eigenvalue weighted by atomic mass is 35.5. The van der Waals surface area contributed by atoms with Crippen LogP contribution in [0.5, 0.6) is 0 Å². The van der Waals surface area contributed by atoms with Crippen molar-refractivity contribution in [2.75, 3.05) is 0 Å². The maximum atomic E-state index is 11.9. The summed E-state index contributed by atoms with van der Waals surface area (Å²) in [6, 6.07) is 2.47. The fourth-order valence-electron chi connectivity index (χ4n) is 0.889. The maximum absolute atomic E-state index is 11.9. The number of alkyl halides is 3. The van der Waals surface area contributed by atoms with Crippen LogP contribution in [0, 0.1) is 0 Å². The molecule has 0 aromatic carbocycles. The Bertz CT molecular complexity index is 414. The standard InChI is InChI=1S/C9H5ClF3NO2/c10-8-2-1-5(4-14-8)6(15)3-7(16)9(11,12)13/h1-2,4H,3H2. The minimum Gasteiger partial charge on any atom is -0.294 e. The van der Waals surface area contributed by atoms with Crippen molar-refractivity contribution in [3.8, 4) is 0 Å². The van der Waals surface area contributed by atoms with Crippen molar-refractivity contribution in [1.82, 2.24) is 4.98 Å². The summed E-state index contributed by atoms with van der Waals surface area (Å²) in [5.41, 5.74) is -0.0815. The van der Waals surface area contributed by atoms with Gasteiger partial charge in [-0.05, 0) is 12.1 Å². The third-order valence-corrected chi connectivity index (χ3v) is 1.91. The summed E-state index contributed by atoms with van der Waals surface area (Å²) in [6.45, 7) is 0. The average molecular weight is 252 g/mol. The first-order valence-corrected chi connectivity index (χ1v) is 4.43. The molecule has 0 aliphatic heterocycles. The second-order valence-corrected chi connectivity index (χ2v) is 3.28. The van der Waals surface area contributed by atoms with Crippen LogP contribution in [0.4, 0.5) is 13.2 Å². The molecule has 0 fully saturated rings. The van der Waals surface area contributed by atoms with Crippen LogP contribution in [0.2, 0.25) is 5.15 Å². The van der Waals surface area contributed by atoms with Gasteiger partial charge in [0.05, 0.1) is 6.42 Å². The van der Waals surface area contributed by atoms with E-state index in [9.17, 15) is 22.8 Å². The van der Waals surface area contributed by atoms with Crippen molar-refractivity contribution in [1.29, 1.82) is 0 Å². The number of halogens is 4. The SMILES string of the molecule is O=C(CC(=O)C(F)(F)F)c1ccc(Cl)nc1. The molecule has 0 radical (unpaired) electrons. The molecule has 0 N–H and O–H groups in total. The molecule has 1 rings (SSSR count). The quantitative estimate of drug-likeness (QED) is 0.471. The second-order valence-electron chi connectivity index (χ2n) is 2.89. The van der Waals surface area contributed by atoms with Crippen molar-refractivity contribution >= 4 is 23.2 Å². The third kappa shape index (κ3) is 3.30.